The van der Waals surface area contributed by atoms with Gasteiger partial charge in [0.05, 0.1) is 37.7 Å². The molecule has 0 spiro atoms. The molecule has 0 aliphatic heterocycles. The predicted octanol–water partition coefficient (Wildman–Crippen LogP) is 7.66. The minimum atomic E-state index is -1.14. The van der Waals surface area contributed by atoms with Gasteiger partial charge in [-0.05, 0) is 23.8 Å². The molecule has 0 radical (unpaired) electrons. The topological polar surface area (TPSA) is 168 Å². The first kappa shape index (κ1) is 38.0. The van der Waals surface area contributed by atoms with Gasteiger partial charge in [0.25, 0.3) is 11.8 Å². The molecule has 2 aromatic heterocycles. The van der Waals surface area contributed by atoms with Gasteiger partial charge in [-0.3, -0.25) is 19.2 Å². The number of benzene rings is 4. The van der Waals surface area contributed by atoms with Gasteiger partial charge in [-0.1, -0.05) is 91.0 Å². The van der Waals surface area contributed by atoms with Crippen LogP contribution in [0.15, 0.2) is 120 Å². The van der Waals surface area contributed by atoms with E-state index in [1.807, 2.05) is 60.7 Å². The highest BCUT2D eigenvalue weighted by Crippen LogP contribution is 2.27. The van der Waals surface area contributed by atoms with Crippen LogP contribution in [0.3, 0.4) is 0 Å². The number of carbonyl (C=O) groups is 4. The molecule has 14 heteroatoms. The highest BCUT2D eigenvalue weighted by Gasteiger charge is 2.24. The highest BCUT2D eigenvalue weighted by atomic mass is 32.1. The number of aliphatic carboxylic acids is 2. The lowest BCUT2D eigenvalue weighted by atomic mass is 10.0. The van der Waals surface area contributed by atoms with Crippen LogP contribution in [0.5, 0.6) is 5.75 Å². The number of hydrogen-bond donors (Lipinski definition) is 4. The van der Waals surface area contributed by atoms with E-state index in [-0.39, 0.29) is 22.7 Å². The molecule has 6 aromatic rings. The Bertz CT molecular complexity index is 2180. The maximum Gasteiger partial charge on any atom is 0.305 e. The van der Waals surface area contributed by atoms with Crippen molar-refractivity contribution in [2.24, 2.45) is 0 Å². The molecule has 0 saturated heterocycles. The van der Waals surface area contributed by atoms with Crippen LogP contribution in [0.2, 0.25) is 0 Å². The van der Waals surface area contributed by atoms with Crippen LogP contribution in [0.4, 0.5) is 4.39 Å². The smallest absolute Gasteiger partial charge is 0.305 e. The molecule has 6 rings (SSSR count). The molecule has 11 nitrogen and oxygen atoms in total. The second-order valence-electron chi connectivity index (χ2n) is 11.4. The maximum atomic E-state index is 14.0. The number of halogens is 1. The Morgan fingerprint density at radius 2 is 1.34 bits per heavy atom. The van der Waals surface area contributed by atoms with Gasteiger partial charge in [0, 0.05) is 27.5 Å². The summed E-state index contributed by atoms with van der Waals surface area (Å²) in [6.45, 7) is 0. The number of carboxylic acid groups (broad SMARTS) is 2. The van der Waals surface area contributed by atoms with E-state index in [4.69, 9.17) is 9.84 Å². The van der Waals surface area contributed by atoms with E-state index in [9.17, 15) is 28.7 Å². The summed E-state index contributed by atoms with van der Waals surface area (Å²) in [4.78, 5) is 56.1. The number of amides is 2. The zero-order chi connectivity index (χ0) is 37.7. The lowest BCUT2D eigenvalue weighted by Crippen LogP contribution is -2.30. The summed E-state index contributed by atoms with van der Waals surface area (Å²) in [6.07, 6.45) is -0.668. The minimum absolute atomic E-state index is 0.128. The molecule has 2 heterocycles. The van der Waals surface area contributed by atoms with Crippen molar-refractivity contribution in [1.82, 2.24) is 20.6 Å². The Morgan fingerprint density at radius 3 is 2.00 bits per heavy atom. The average molecular weight is 753 g/mol. The molecule has 270 valence electrons. The third-order valence-electron chi connectivity index (χ3n) is 7.67. The van der Waals surface area contributed by atoms with Gasteiger partial charge in [-0.25, -0.2) is 14.4 Å². The number of hydrogen-bond acceptors (Lipinski definition) is 9. The van der Waals surface area contributed by atoms with Crippen molar-refractivity contribution >= 4 is 46.4 Å². The molecule has 2 atom stereocenters. The molecular weight excluding hydrogens is 720 g/mol. The molecule has 53 heavy (non-hydrogen) atoms. The number of ether oxygens (including phenoxy) is 1. The van der Waals surface area contributed by atoms with Gasteiger partial charge < -0.3 is 25.6 Å². The first-order valence-corrected chi connectivity index (χ1v) is 17.8. The maximum absolute atomic E-state index is 14.0. The number of carbonyl (C=O) groups excluding carboxylic acids is 2. The van der Waals surface area contributed by atoms with Crippen molar-refractivity contribution in [3.8, 4) is 27.6 Å². The fourth-order valence-electron chi connectivity index (χ4n) is 5.12. The van der Waals surface area contributed by atoms with Crippen molar-refractivity contribution in [3.63, 3.8) is 0 Å². The number of aromatic nitrogens is 2. The molecule has 0 saturated carbocycles. The molecule has 0 aliphatic rings. The van der Waals surface area contributed by atoms with E-state index in [0.717, 1.165) is 27.5 Å². The fourth-order valence-corrected chi connectivity index (χ4v) is 6.65. The van der Waals surface area contributed by atoms with Crippen molar-refractivity contribution in [2.75, 3.05) is 7.11 Å². The Labute approximate surface area is 311 Å². The molecule has 0 fully saturated rings. The SMILES string of the molecule is COc1cccc([C@H](CC(=O)O)NC(=O)c2csc(-c3ccccc3)n2)c1.O=C(O)C[C@H](NC(=O)c1nc(-c2ccccc2)cs1)c1ccccc1F. The van der Waals surface area contributed by atoms with Gasteiger partial charge in [-0.15, -0.1) is 22.7 Å². The van der Waals surface area contributed by atoms with Crippen molar-refractivity contribution in [2.45, 2.75) is 24.9 Å². The summed E-state index contributed by atoms with van der Waals surface area (Å²) in [5.41, 5.74) is 3.50. The van der Waals surface area contributed by atoms with E-state index >= 15 is 0 Å². The van der Waals surface area contributed by atoms with Gasteiger partial charge in [-0.2, -0.15) is 0 Å². The number of nitrogens with one attached hydrogen (secondary N) is 2. The first-order valence-electron chi connectivity index (χ1n) is 16.1. The lowest BCUT2D eigenvalue weighted by Gasteiger charge is -2.17. The van der Waals surface area contributed by atoms with E-state index in [0.29, 0.717) is 17.0 Å². The summed E-state index contributed by atoms with van der Waals surface area (Å²) in [7, 11) is 1.53. The Morgan fingerprint density at radius 1 is 0.717 bits per heavy atom. The predicted molar refractivity (Wildman–Crippen MR) is 199 cm³/mol. The van der Waals surface area contributed by atoms with Crippen molar-refractivity contribution in [3.05, 3.63) is 148 Å². The number of nitrogens with zero attached hydrogens (tertiary/aromatic N) is 2. The molecule has 0 bridgehead atoms. The molecule has 4 aromatic carbocycles. The van der Waals surface area contributed by atoms with Gasteiger partial charge in [0.1, 0.15) is 22.3 Å². The highest BCUT2D eigenvalue weighted by molar-refractivity contribution is 7.13. The van der Waals surface area contributed by atoms with Crippen LogP contribution < -0.4 is 15.4 Å². The van der Waals surface area contributed by atoms with Crippen LogP contribution in [0.1, 0.15) is 56.3 Å². The van der Waals surface area contributed by atoms with Crippen LogP contribution >= 0.6 is 22.7 Å². The fraction of sp³-hybridized carbons (Fsp3) is 0.128. The third-order valence-corrected chi connectivity index (χ3v) is 9.40. The zero-order valence-electron chi connectivity index (χ0n) is 28.1. The monoisotopic (exact) mass is 752 g/mol. The lowest BCUT2D eigenvalue weighted by molar-refractivity contribution is -0.138. The standard InChI is InChI=1S/C20H18N2O4S.C19H15FN2O3S/c1-26-15-9-5-8-14(10-15)16(11-18(23)24)21-19(25)17-12-27-20(22-17)13-6-3-2-4-7-13;20-14-9-5-4-8-13(14)15(10-17(23)24)21-18(25)19-22-16(11-26-19)12-6-2-1-3-7-12/h2-10,12,16H,11H2,1H3,(H,21,25)(H,23,24);1-9,11,15H,10H2,(H,21,25)(H,23,24)/t16-;15-/m00/s1. The Balaban J connectivity index is 0.000000204. The zero-order valence-corrected chi connectivity index (χ0v) is 29.8. The van der Waals surface area contributed by atoms with Crippen LogP contribution in [-0.2, 0) is 9.59 Å². The summed E-state index contributed by atoms with van der Waals surface area (Å²) < 4.78 is 19.2. The van der Waals surface area contributed by atoms with Crippen molar-refractivity contribution in [1.29, 1.82) is 0 Å². The molecule has 0 unspecified atom stereocenters. The summed E-state index contributed by atoms with van der Waals surface area (Å²) in [5.74, 6) is -3.07. The number of rotatable bonds is 13. The molecule has 2 amide bonds. The minimum Gasteiger partial charge on any atom is -0.497 e. The third kappa shape index (κ3) is 10.6. The van der Waals surface area contributed by atoms with E-state index in [1.54, 1.807) is 41.1 Å². The number of methoxy groups -OCH3 is 1. The first-order chi connectivity index (χ1) is 25.6. The number of carboxylic acids is 2. The Kier molecular flexibility index (Phi) is 13.1. The van der Waals surface area contributed by atoms with Crippen LogP contribution in [0.25, 0.3) is 21.8 Å². The van der Waals surface area contributed by atoms with E-state index in [1.165, 1.54) is 36.6 Å². The largest absolute Gasteiger partial charge is 0.497 e. The van der Waals surface area contributed by atoms with Crippen LogP contribution in [0, 0.1) is 5.82 Å². The summed E-state index contributed by atoms with van der Waals surface area (Å²) in [6, 6.07) is 30.0. The van der Waals surface area contributed by atoms with Crippen LogP contribution in [-0.4, -0.2) is 51.0 Å². The second-order valence-corrected chi connectivity index (χ2v) is 13.1. The Hall–Kier alpha value is -6.25. The quantitative estimate of drug-likeness (QED) is 0.0926. The van der Waals surface area contributed by atoms with Gasteiger partial charge in [0.15, 0.2) is 5.01 Å². The summed E-state index contributed by atoms with van der Waals surface area (Å²) >= 11 is 2.51. The van der Waals surface area contributed by atoms with Crippen molar-refractivity contribution < 1.29 is 38.5 Å². The summed E-state index contributed by atoms with van der Waals surface area (Å²) in [5, 5.41) is 28.0. The van der Waals surface area contributed by atoms with E-state index in [2.05, 4.69) is 20.6 Å². The van der Waals surface area contributed by atoms with Gasteiger partial charge >= 0.3 is 11.9 Å². The molecule has 0 aliphatic carbocycles. The second kappa shape index (κ2) is 18.3. The molecule has 4 N–H and O–H groups in total. The molecular formula is C39H33FN4O7S2. The van der Waals surface area contributed by atoms with E-state index < -0.39 is 48.1 Å². The normalized spacial score (nSPS) is 11.7. The average Bonchev–Trinajstić information content (AvgIpc) is 3.87. The van der Waals surface area contributed by atoms with Gasteiger partial charge in [0.2, 0.25) is 0 Å². The number of thiazole rings is 2.